The van der Waals surface area contributed by atoms with Crippen molar-refractivity contribution in [3.63, 3.8) is 0 Å². The zero-order valence-electron chi connectivity index (χ0n) is 24.5. The molecule has 0 saturated heterocycles. The predicted molar refractivity (Wildman–Crippen MR) is 150 cm³/mol. The lowest BCUT2D eigenvalue weighted by Crippen LogP contribution is -2.56. The lowest BCUT2D eigenvalue weighted by atomic mass is 9.93. The summed E-state index contributed by atoms with van der Waals surface area (Å²) in [5, 5.41) is 20.3. The first-order chi connectivity index (χ1) is 17.9. The molecular weight excluding hydrogens is 502 g/mol. The van der Waals surface area contributed by atoms with Gasteiger partial charge in [0, 0.05) is 11.1 Å². The minimum Gasteiger partial charge on any atom is -0.460 e. The molecule has 0 heterocycles. The number of hydrogen-bond donors (Lipinski definition) is 6. The van der Waals surface area contributed by atoms with Crippen molar-refractivity contribution in [1.29, 1.82) is 0 Å². The van der Waals surface area contributed by atoms with Crippen molar-refractivity contribution in [3.05, 3.63) is 29.8 Å². The minimum atomic E-state index is -1.19. The Morgan fingerprint density at radius 1 is 0.923 bits per heavy atom. The average molecular weight is 550 g/mol. The normalized spacial score (nSPS) is 14.2. The van der Waals surface area contributed by atoms with Crippen LogP contribution in [-0.2, 0) is 30.5 Å². The van der Waals surface area contributed by atoms with E-state index < -0.39 is 41.1 Å². The number of rotatable bonds is 13. The zero-order valence-corrected chi connectivity index (χ0v) is 24.5. The number of carbonyl (C=O) groups is 4. The average Bonchev–Trinajstić information content (AvgIpc) is 2.81. The lowest BCUT2D eigenvalue weighted by molar-refractivity contribution is -0.154. The highest BCUT2D eigenvalue weighted by molar-refractivity contribution is 5.98. The number of aliphatic hydroxyl groups is 1. The number of anilines is 1. The largest absolute Gasteiger partial charge is 0.460 e. The molecule has 7 N–H and O–H groups in total. The van der Waals surface area contributed by atoms with Crippen LogP contribution in [0.2, 0.25) is 0 Å². The molecule has 0 radical (unpaired) electrons. The van der Waals surface area contributed by atoms with Crippen LogP contribution in [-0.4, -0.2) is 53.8 Å². The van der Waals surface area contributed by atoms with E-state index in [0.29, 0.717) is 18.7 Å². The van der Waals surface area contributed by atoms with Gasteiger partial charge in [0.2, 0.25) is 17.7 Å². The van der Waals surface area contributed by atoms with Gasteiger partial charge in [-0.15, -0.1) is 0 Å². The molecule has 1 aromatic rings. The molecule has 0 fully saturated rings. The van der Waals surface area contributed by atoms with Crippen LogP contribution in [0, 0.1) is 16.7 Å². The highest BCUT2D eigenvalue weighted by Crippen LogP contribution is 2.18. The van der Waals surface area contributed by atoms with Crippen LogP contribution in [0.5, 0.6) is 0 Å². The first kappa shape index (κ1) is 34.0. The van der Waals surface area contributed by atoms with Crippen molar-refractivity contribution in [2.24, 2.45) is 22.5 Å². The van der Waals surface area contributed by atoms with Crippen molar-refractivity contribution >= 4 is 29.4 Å². The topological polar surface area (TPSA) is 172 Å². The lowest BCUT2D eigenvalue weighted by Gasteiger charge is -2.28. The van der Waals surface area contributed by atoms with E-state index in [2.05, 4.69) is 21.3 Å². The third kappa shape index (κ3) is 12.6. The van der Waals surface area contributed by atoms with Crippen LogP contribution in [0.25, 0.3) is 0 Å². The molecule has 0 bridgehead atoms. The number of aliphatic hydroxyl groups excluding tert-OH is 1. The Balaban J connectivity index is 2.94. The van der Waals surface area contributed by atoms with Gasteiger partial charge in [-0.2, -0.15) is 0 Å². The van der Waals surface area contributed by atoms with Crippen molar-refractivity contribution in [2.75, 3.05) is 11.9 Å². The molecule has 0 aliphatic heterocycles. The molecular formula is C28H47N5O6. The van der Waals surface area contributed by atoms with Gasteiger partial charge in [0.05, 0.1) is 5.41 Å². The molecule has 11 nitrogen and oxygen atoms in total. The Morgan fingerprint density at radius 3 is 2.00 bits per heavy atom. The zero-order chi connectivity index (χ0) is 30.0. The van der Waals surface area contributed by atoms with Gasteiger partial charge in [0.25, 0.3) is 0 Å². The number of nitrogens with one attached hydrogen (secondary N) is 4. The van der Waals surface area contributed by atoms with Crippen LogP contribution in [0.1, 0.15) is 73.8 Å². The summed E-state index contributed by atoms with van der Waals surface area (Å²) in [5.74, 6) is -1.70. The summed E-state index contributed by atoms with van der Waals surface area (Å²) in [7, 11) is 0. The maximum atomic E-state index is 13.2. The number of hydrogen-bond acceptors (Lipinski definition) is 8. The van der Waals surface area contributed by atoms with E-state index in [4.69, 9.17) is 10.5 Å². The molecule has 0 aromatic heterocycles. The van der Waals surface area contributed by atoms with Crippen LogP contribution in [0.4, 0.5) is 5.69 Å². The van der Waals surface area contributed by atoms with Gasteiger partial charge in [0.1, 0.15) is 18.7 Å². The van der Waals surface area contributed by atoms with Gasteiger partial charge >= 0.3 is 5.97 Å². The van der Waals surface area contributed by atoms with Crippen LogP contribution < -0.4 is 27.0 Å². The second-order valence-electron chi connectivity index (χ2n) is 12.1. The van der Waals surface area contributed by atoms with E-state index in [0.717, 1.165) is 5.56 Å². The van der Waals surface area contributed by atoms with Gasteiger partial charge < -0.3 is 25.8 Å². The van der Waals surface area contributed by atoms with Crippen molar-refractivity contribution < 1.29 is 29.0 Å². The Morgan fingerprint density at radius 2 is 1.51 bits per heavy atom. The van der Waals surface area contributed by atoms with E-state index in [1.807, 2.05) is 13.8 Å². The van der Waals surface area contributed by atoms with Gasteiger partial charge in [-0.25, -0.2) is 0 Å². The van der Waals surface area contributed by atoms with E-state index in [-0.39, 0.29) is 30.8 Å². The summed E-state index contributed by atoms with van der Waals surface area (Å²) < 4.78 is 5.32. The molecule has 220 valence electrons. The minimum absolute atomic E-state index is 0.111. The Hall–Kier alpha value is -3.02. The van der Waals surface area contributed by atoms with Crippen LogP contribution in [0.15, 0.2) is 24.3 Å². The molecule has 3 amide bonds. The summed E-state index contributed by atoms with van der Waals surface area (Å²) in [4.78, 5) is 50.9. The molecule has 39 heavy (non-hydrogen) atoms. The highest BCUT2D eigenvalue weighted by Gasteiger charge is 2.32. The van der Waals surface area contributed by atoms with E-state index in [1.165, 1.54) is 0 Å². The number of benzene rings is 1. The molecule has 0 aliphatic carbocycles. The molecule has 0 saturated carbocycles. The predicted octanol–water partition coefficient (Wildman–Crippen LogP) is 1.99. The third-order valence-corrected chi connectivity index (χ3v) is 5.78. The fourth-order valence-corrected chi connectivity index (χ4v) is 3.26. The van der Waals surface area contributed by atoms with E-state index >= 15 is 0 Å². The summed E-state index contributed by atoms with van der Waals surface area (Å²) >= 11 is 0. The molecule has 0 aliphatic rings. The van der Waals surface area contributed by atoms with E-state index in [9.17, 15) is 24.3 Å². The molecule has 3 atom stereocenters. The van der Waals surface area contributed by atoms with Crippen LogP contribution >= 0.6 is 0 Å². The fraction of sp³-hybridized carbons (Fsp3) is 0.643. The van der Waals surface area contributed by atoms with E-state index in [1.54, 1.807) is 65.8 Å². The quantitative estimate of drug-likeness (QED) is 0.123. The first-order valence-electron chi connectivity index (χ1n) is 13.3. The van der Waals surface area contributed by atoms with Gasteiger partial charge in [-0.05, 0) is 63.8 Å². The van der Waals surface area contributed by atoms with Gasteiger partial charge in [0.15, 0.2) is 6.35 Å². The Bertz CT molecular complexity index is 964. The summed E-state index contributed by atoms with van der Waals surface area (Å²) in [5.41, 5.74) is 5.28. The second kappa shape index (κ2) is 14.9. The van der Waals surface area contributed by atoms with Crippen molar-refractivity contribution in [3.8, 4) is 0 Å². The Labute approximate surface area is 232 Å². The maximum absolute atomic E-state index is 13.2. The summed E-state index contributed by atoms with van der Waals surface area (Å²) in [6.07, 6.45) is -0.493. The molecule has 0 spiro atoms. The highest BCUT2D eigenvalue weighted by atomic mass is 16.5. The SMILES string of the molecule is CC(C)C(NC(=O)C(C)(C)C)C(=O)NC(CCCNC(N)O)C(=O)Nc1ccc(COC(=O)C(C)(C)C)cc1. The first-order valence-corrected chi connectivity index (χ1v) is 13.3. The van der Waals surface area contributed by atoms with Crippen LogP contribution in [0.3, 0.4) is 0 Å². The standard InChI is InChI=1S/C28H47N5O6/c1-17(2)21(33-24(36)27(3,4)5)23(35)32-20(10-9-15-30-26(29)38)22(34)31-19-13-11-18(12-14-19)16-39-25(37)28(6,7)8/h11-14,17,20-21,26,30,38H,9-10,15-16,29H2,1-8H3,(H,31,34)(H,32,35)(H,33,36). The smallest absolute Gasteiger partial charge is 0.311 e. The maximum Gasteiger partial charge on any atom is 0.311 e. The fourth-order valence-electron chi connectivity index (χ4n) is 3.26. The molecule has 3 unspecified atom stereocenters. The van der Waals surface area contributed by atoms with Crippen molar-refractivity contribution in [1.82, 2.24) is 16.0 Å². The number of carbonyl (C=O) groups excluding carboxylic acids is 4. The second-order valence-corrected chi connectivity index (χ2v) is 12.1. The number of ether oxygens (including phenoxy) is 1. The molecule has 11 heteroatoms. The third-order valence-electron chi connectivity index (χ3n) is 5.78. The number of esters is 1. The summed E-state index contributed by atoms with van der Waals surface area (Å²) in [6.45, 7) is 14.7. The molecule has 1 rings (SSSR count). The number of nitrogens with two attached hydrogens (primary N) is 1. The van der Waals surface area contributed by atoms with Gasteiger partial charge in [-0.1, -0.05) is 46.8 Å². The monoisotopic (exact) mass is 549 g/mol. The summed E-state index contributed by atoms with van der Waals surface area (Å²) in [6, 6.07) is 5.11. The van der Waals surface area contributed by atoms with Crippen molar-refractivity contribution in [2.45, 2.75) is 93.3 Å². The number of amides is 3. The molecule has 1 aromatic carbocycles. The van der Waals surface area contributed by atoms with Gasteiger partial charge in [-0.3, -0.25) is 30.2 Å². The Kier molecular flexibility index (Phi) is 13.0.